The maximum Gasteiger partial charge on any atom is 0.0931 e. The molecule has 3 heteroatoms. The molecular weight excluding hydrogens is 191 g/mol. The molecule has 0 spiro atoms. The molecule has 0 bridgehead atoms. The minimum Gasteiger partial charge on any atom is -0.345 e. The van der Waals surface area contributed by atoms with E-state index in [1.54, 1.807) is 6.33 Å². The Morgan fingerprint density at radius 3 is 2.80 bits per heavy atom. The summed E-state index contributed by atoms with van der Waals surface area (Å²) in [5.41, 5.74) is 2.12. The van der Waals surface area contributed by atoms with Crippen LogP contribution in [0.15, 0.2) is 30.6 Å². The van der Waals surface area contributed by atoms with Gasteiger partial charge in [0.2, 0.25) is 0 Å². The van der Waals surface area contributed by atoms with Gasteiger partial charge in [-0.05, 0) is 12.1 Å². The number of nitrogens with zero attached hydrogens (tertiary/aromatic N) is 1. The molecule has 2 rings (SSSR count). The monoisotopic (exact) mass is 200 g/mol. The van der Waals surface area contributed by atoms with Crippen LogP contribution in [0.2, 0.25) is 0 Å². The molecule has 0 saturated heterocycles. The third-order valence-corrected chi connectivity index (χ3v) is 1.33. The number of hydrogen-bond acceptors (Lipinski definition) is 1. The SMILES string of the molecule is [SeH2].c1ccc2[nH]cnc2c1. The average Bonchev–Trinajstić information content (AvgIpc) is 2.33. The van der Waals surface area contributed by atoms with Gasteiger partial charge in [0.25, 0.3) is 0 Å². The van der Waals surface area contributed by atoms with Crippen LogP contribution >= 0.6 is 0 Å². The van der Waals surface area contributed by atoms with Gasteiger partial charge in [0, 0.05) is 0 Å². The molecule has 0 saturated carbocycles. The summed E-state index contributed by atoms with van der Waals surface area (Å²) in [7, 11) is 0. The number of fused-ring (bicyclic) bond motifs is 1. The van der Waals surface area contributed by atoms with Crippen molar-refractivity contribution in [2.45, 2.75) is 0 Å². The number of benzene rings is 1. The molecule has 0 amide bonds. The Hall–Kier alpha value is -0.791. The van der Waals surface area contributed by atoms with Gasteiger partial charge in [0.15, 0.2) is 0 Å². The van der Waals surface area contributed by atoms with E-state index in [9.17, 15) is 0 Å². The van der Waals surface area contributed by atoms with Crippen LogP contribution in [0.4, 0.5) is 0 Å². The Morgan fingerprint density at radius 1 is 1.20 bits per heavy atom. The molecule has 10 heavy (non-hydrogen) atoms. The first kappa shape index (κ1) is 7.32. The number of aromatic nitrogens is 2. The quantitative estimate of drug-likeness (QED) is 0.620. The maximum atomic E-state index is 4.06. The third kappa shape index (κ3) is 1.06. The zero-order chi connectivity index (χ0) is 6.10. The average molecular weight is 199 g/mol. The Morgan fingerprint density at radius 2 is 2.00 bits per heavy atom. The van der Waals surface area contributed by atoms with Crippen LogP contribution in [-0.4, -0.2) is 27.0 Å². The summed E-state index contributed by atoms with van der Waals surface area (Å²) in [4.78, 5) is 7.07. The van der Waals surface area contributed by atoms with E-state index in [4.69, 9.17) is 0 Å². The van der Waals surface area contributed by atoms with Crippen LogP contribution in [0, 0.1) is 0 Å². The molecule has 0 aliphatic carbocycles. The van der Waals surface area contributed by atoms with Crippen molar-refractivity contribution < 1.29 is 0 Å². The summed E-state index contributed by atoms with van der Waals surface area (Å²) in [5.74, 6) is 0. The van der Waals surface area contributed by atoms with Gasteiger partial charge in [-0.15, -0.1) is 0 Å². The molecule has 52 valence electrons. The first-order chi connectivity index (χ1) is 4.47. The van der Waals surface area contributed by atoms with Crippen molar-refractivity contribution in [3.63, 3.8) is 0 Å². The largest absolute Gasteiger partial charge is 0.345 e. The zero-order valence-electron chi connectivity index (χ0n) is 5.33. The van der Waals surface area contributed by atoms with E-state index in [2.05, 4.69) is 9.97 Å². The predicted octanol–water partition coefficient (Wildman–Crippen LogP) is 0.647. The molecule has 1 N–H and O–H groups in total. The van der Waals surface area contributed by atoms with Crippen LogP contribution in [0.5, 0.6) is 0 Å². The Kier molecular flexibility index (Phi) is 2.09. The van der Waals surface area contributed by atoms with Crippen LogP contribution in [0.1, 0.15) is 0 Å². The van der Waals surface area contributed by atoms with E-state index in [-0.39, 0.29) is 17.1 Å². The van der Waals surface area contributed by atoms with Crippen molar-refractivity contribution in [1.82, 2.24) is 9.97 Å². The molecule has 1 aromatic carbocycles. The van der Waals surface area contributed by atoms with Crippen LogP contribution in [0.25, 0.3) is 11.0 Å². The van der Waals surface area contributed by atoms with E-state index >= 15 is 0 Å². The van der Waals surface area contributed by atoms with Crippen LogP contribution < -0.4 is 0 Å². The second-order valence-electron chi connectivity index (χ2n) is 1.92. The van der Waals surface area contributed by atoms with Gasteiger partial charge >= 0.3 is 17.1 Å². The first-order valence-electron chi connectivity index (χ1n) is 2.85. The standard InChI is InChI=1S/C7H6N2.H2Se/c1-2-4-7-6(3-1)8-5-9-7;/h1-5H,(H,8,9);1H2. The topological polar surface area (TPSA) is 28.7 Å². The van der Waals surface area contributed by atoms with Gasteiger partial charge in [-0.1, -0.05) is 12.1 Å². The summed E-state index contributed by atoms with van der Waals surface area (Å²) < 4.78 is 0. The number of nitrogens with one attached hydrogen (secondary N) is 1. The van der Waals surface area contributed by atoms with Gasteiger partial charge in [-0.25, -0.2) is 4.98 Å². The van der Waals surface area contributed by atoms with E-state index < -0.39 is 0 Å². The molecule has 0 fully saturated rings. The van der Waals surface area contributed by atoms with E-state index in [0.717, 1.165) is 11.0 Å². The smallest absolute Gasteiger partial charge is 0.0931 e. The van der Waals surface area contributed by atoms with Crippen molar-refractivity contribution in [3.05, 3.63) is 30.6 Å². The van der Waals surface area contributed by atoms with Crippen molar-refractivity contribution in [2.24, 2.45) is 0 Å². The zero-order valence-corrected chi connectivity index (χ0v) is 7.43. The fourth-order valence-electron chi connectivity index (χ4n) is 0.880. The van der Waals surface area contributed by atoms with Gasteiger partial charge < -0.3 is 4.98 Å². The molecule has 0 unspecified atom stereocenters. The third-order valence-electron chi connectivity index (χ3n) is 1.33. The van der Waals surface area contributed by atoms with Gasteiger partial charge in [0.05, 0.1) is 17.4 Å². The van der Waals surface area contributed by atoms with Crippen LogP contribution in [-0.2, 0) is 0 Å². The summed E-state index contributed by atoms with van der Waals surface area (Å²) >= 11 is 0. The van der Waals surface area contributed by atoms with Crippen molar-refractivity contribution in [2.75, 3.05) is 0 Å². The Bertz CT molecular complexity index is 286. The molecule has 2 aromatic rings. The summed E-state index contributed by atoms with van der Waals surface area (Å²) in [6.45, 7) is 0. The fraction of sp³-hybridized carbons (Fsp3) is 0. The molecule has 2 nitrogen and oxygen atoms in total. The number of hydrogen-bond donors (Lipinski definition) is 1. The molecule has 0 aliphatic rings. The summed E-state index contributed by atoms with van der Waals surface area (Å²) in [5, 5.41) is 0. The minimum atomic E-state index is 0. The van der Waals surface area contributed by atoms with Gasteiger partial charge in [-0.3, -0.25) is 0 Å². The normalized spacial score (nSPS) is 9.20. The Labute approximate surface area is 69.1 Å². The summed E-state index contributed by atoms with van der Waals surface area (Å²) in [6, 6.07) is 7.94. The number of imidazole rings is 1. The van der Waals surface area contributed by atoms with Crippen LogP contribution in [0.3, 0.4) is 0 Å². The molecular formula is C7H8N2Se. The summed E-state index contributed by atoms with van der Waals surface area (Å²) in [6.07, 6.45) is 1.70. The Balaban J connectivity index is 0.000000500. The van der Waals surface area contributed by atoms with Gasteiger partial charge in [0.1, 0.15) is 0 Å². The number of rotatable bonds is 0. The number of aromatic amines is 1. The van der Waals surface area contributed by atoms with Crippen molar-refractivity contribution >= 4 is 28.1 Å². The number of H-pyrrole nitrogens is 1. The number of para-hydroxylation sites is 2. The predicted molar refractivity (Wildman–Crippen MR) is 44.6 cm³/mol. The van der Waals surface area contributed by atoms with Crippen molar-refractivity contribution in [1.29, 1.82) is 0 Å². The van der Waals surface area contributed by atoms with E-state index in [1.165, 1.54) is 0 Å². The van der Waals surface area contributed by atoms with E-state index in [0.29, 0.717) is 0 Å². The maximum absolute atomic E-state index is 4.06. The molecule has 0 radical (unpaired) electrons. The fourth-order valence-corrected chi connectivity index (χ4v) is 0.880. The first-order valence-corrected chi connectivity index (χ1v) is 2.85. The second kappa shape index (κ2) is 2.86. The molecule has 0 atom stereocenters. The van der Waals surface area contributed by atoms with Crippen molar-refractivity contribution in [3.8, 4) is 0 Å². The molecule has 1 heterocycles. The minimum absolute atomic E-state index is 0. The second-order valence-corrected chi connectivity index (χ2v) is 1.92. The van der Waals surface area contributed by atoms with Gasteiger partial charge in [-0.2, -0.15) is 0 Å². The van der Waals surface area contributed by atoms with E-state index in [1.807, 2.05) is 24.3 Å². The molecule has 0 aliphatic heterocycles. The molecule has 1 aromatic heterocycles.